The Hall–Kier alpha value is -3.10. The summed E-state index contributed by atoms with van der Waals surface area (Å²) in [6, 6.07) is 14.8. The maximum absolute atomic E-state index is 12.7. The number of aliphatic hydroxyl groups excluding tert-OH is 2. The maximum Gasteiger partial charge on any atom is 0.411 e. The lowest BCUT2D eigenvalue weighted by Crippen LogP contribution is -2.41. The van der Waals surface area contributed by atoms with Crippen LogP contribution in [0.5, 0.6) is 0 Å². The predicted octanol–water partition coefficient (Wildman–Crippen LogP) is 2.66. The van der Waals surface area contributed by atoms with Crippen molar-refractivity contribution in [2.75, 3.05) is 31.7 Å². The van der Waals surface area contributed by atoms with Gasteiger partial charge in [-0.1, -0.05) is 42.5 Å². The number of benzene rings is 2. The van der Waals surface area contributed by atoms with E-state index < -0.39 is 23.1 Å². The molecule has 0 unspecified atom stereocenters. The van der Waals surface area contributed by atoms with E-state index in [1.807, 2.05) is 36.4 Å². The van der Waals surface area contributed by atoms with Crippen LogP contribution in [0.15, 0.2) is 48.5 Å². The lowest BCUT2D eigenvalue weighted by Gasteiger charge is -2.29. The number of aliphatic hydroxyl groups is 2. The van der Waals surface area contributed by atoms with Gasteiger partial charge in [0.25, 0.3) is 0 Å². The van der Waals surface area contributed by atoms with E-state index in [4.69, 9.17) is 4.74 Å². The fraction of sp³-hybridized carbons (Fsp3) is 0.391. The van der Waals surface area contributed by atoms with E-state index in [9.17, 15) is 24.9 Å². The molecule has 1 saturated carbocycles. The zero-order valence-corrected chi connectivity index (χ0v) is 17.3. The second kappa shape index (κ2) is 7.86. The van der Waals surface area contributed by atoms with Gasteiger partial charge in [0.1, 0.15) is 6.61 Å². The minimum absolute atomic E-state index is 0.0178. The van der Waals surface area contributed by atoms with Gasteiger partial charge >= 0.3 is 12.2 Å². The summed E-state index contributed by atoms with van der Waals surface area (Å²) in [5.41, 5.74) is 1.13. The molecule has 0 saturated heterocycles. The van der Waals surface area contributed by atoms with Crippen molar-refractivity contribution < 1.29 is 29.6 Å². The van der Waals surface area contributed by atoms with Crippen LogP contribution in [0, 0.1) is 0 Å². The quantitative estimate of drug-likeness (QED) is 0.655. The molecule has 2 amide bonds. The first-order chi connectivity index (χ1) is 14.9. The van der Waals surface area contributed by atoms with Gasteiger partial charge < -0.3 is 25.0 Å². The average Bonchev–Trinajstić information content (AvgIpc) is 3.54. The van der Waals surface area contributed by atoms with Crippen LogP contribution in [-0.4, -0.2) is 59.2 Å². The largest absolute Gasteiger partial charge is 0.465 e. The van der Waals surface area contributed by atoms with Crippen LogP contribution in [0.2, 0.25) is 0 Å². The Morgan fingerprint density at radius 1 is 1.10 bits per heavy atom. The van der Waals surface area contributed by atoms with Crippen molar-refractivity contribution in [3.8, 4) is 0 Å². The van der Waals surface area contributed by atoms with Crippen LogP contribution >= 0.6 is 0 Å². The van der Waals surface area contributed by atoms with E-state index in [0.717, 1.165) is 28.9 Å². The van der Waals surface area contributed by atoms with Crippen molar-refractivity contribution in [3.63, 3.8) is 0 Å². The Kier molecular flexibility index (Phi) is 5.36. The summed E-state index contributed by atoms with van der Waals surface area (Å²) < 4.78 is 5.47. The summed E-state index contributed by atoms with van der Waals surface area (Å²) >= 11 is 0. The van der Waals surface area contributed by atoms with Crippen molar-refractivity contribution in [1.82, 2.24) is 4.90 Å². The Morgan fingerprint density at radius 2 is 1.77 bits per heavy atom. The van der Waals surface area contributed by atoms with E-state index in [-0.39, 0.29) is 26.4 Å². The minimum Gasteiger partial charge on any atom is -0.465 e. The SMILES string of the molecule is CN(C(=O)OCc1ccccc1)C1(c2ccc3c(c2)N(C(=O)O)CC3(CO)CO)CC1. The van der Waals surface area contributed by atoms with Gasteiger partial charge in [0.15, 0.2) is 0 Å². The molecule has 31 heavy (non-hydrogen) atoms. The monoisotopic (exact) mass is 426 g/mol. The van der Waals surface area contributed by atoms with Gasteiger partial charge in [-0.15, -0.1) is 0 Å². The lowest BCUT2D eigenvalue weighted by molar-refractivity contribution is 0.0857. The van der Waals surface area contributed by atoms with Crippen molar-refractivity contribution >= 4 is 17.9 Å². The second-order valence-electron chi connectivity index (χ2n) is 8.33. The molecule has 4 rings (SSSR count). The number of rotatable bonds is 6. The fourth-order valence-electron chi connectivity index (χ4n) is 4.38. The molecule has 0 radical (unpaired) electrons. The Morgan fingerprint density at radius 3 is 2.35 bits per heavy atom. The van der Waals surface area contributed by atoms with E-state index in [0.29, 0.717) is 11.3 Å². The number of anilines is 1. The number of hydrogen-bond acceptors (Lipinski definition) is 5. The Bertz CT molecular complexity index is 985. The third kappa shape index (κ3) is 3.51. The van der Waals surface area contributed by atoms with Crippen LogP contribution in [0.3, 0.4) is 0 Å². The molecule has 8 heteroatoms. The molecular formula is C23H26N2O6. The topological polar surface area (TPSA) is 111 Å². The highest BCUT2D eigenvalue weighted by Gasteiger charge is 2.52. The van der Waals surface area contributed by atoms with Crippen LogP contribution in [0.4, 0.5) is 15.3 Å². The van der Waals surface area contributed by atoms with Gasteiger partial charge in [0, 0.05) is 13.6 Å². The molecule has 0 spiro atoms. The number of carbonyl (C=O) groups excluding carboxylic acids is 1. The summed E-state index contributed by atoms with van der Waals surface area (Å²) in [4.78, 5) is 27.2. The molecule has 0 aromatic heterocycles. The summed E-state index contributed by atoms with van der Waals surface area (Å²) in [5, 5.41) is 29.4. The van der Waals surface area contributed by atoms with Crippen LogP contribution in [0.25, 0.3) is 0 Å². The van der Waals surface area contributed by atoms with Crippen molar-refractivity contribution in [2.45, 2.75) is 30.4 Å². The van der Waals surface area contributed by atoms with E-state index in [1.165, 1.54) is 0 Å². The fourth-order valence-corrected chi connectivity index (χ4v) is 4.38. The molecule has 3 N–H and O–H groups in total. The normalized spacial score (nSPS) is 17.7. The van der Waals surface area contributed by atoms with E-state index in [1.54, 1.807) is 24.1 Å². The van der Waals surface area contributed by atoms with Crippen LogP contribution < -0.4 is 4.90 Å². The summed E-state index contributed by atoms with van der Waals surface area (Å²) in [6.07, 6.45) is -0.123. The standard InChI is InChI=1S/C23H26N2O6/c1-24(21(30)31-12-16-5-3-2-4-6-16)23(9-10-23)17-7-8-18-19(11-17)25(20(28)29)13-22(18,14-26)15-27/h2-8,11,26-27H,9-10,12-15H2,1H3,(H,28,29). The maximum atomic E-state index is 12.7. The molecular weight excluding hydrogens is 400 g/mol. The highest BCUT2D eigenvalue weighted by molar-refractivity contribution is 5.90. The highest BCUT2D eigenvalue weighted by Crippen LogP contribution is 2.53. The van der Waals surface area contributed by atoms with Crippen LogP contribution in [-0.2, 0) is 22.3 Å². The van der Waals surface area contributed by atoms with Crippen LogP contribution in [0.1, 0.15) is 29.5 Å². The van der Waals surface area contributed by atoms with Gasteiger partial charge in [-0.25, -0.2) is 9.59 Å². The first-order valence-corrected chi connectivity index (χ1v) is 10.2. The average molecular weight is 426 g/mol. The van der Waals surface area contributed by atoms with Gasteiger partial charge in [-0.2, -0.15) is 0 Å². The summed E-state index contributed by atoms with van der Waals surface area (Å²) in [6.45, 7) is -0.574. The molecule has 2 aliphatic rings. The van der Waals surface area contributed by atoms with Crippen molar-refractivity contribution in [3.05, 3.63) is 65.2 Å². The van der Waals surface area contributed by atoms with Gasteiger partial charge in [-0.3, -0.25) is 4.90 Å². The summed E-state index contributed by atoms with van der Waals surface area (Å²) in [7, 11) is 1.69. The number of hydrogen-bond donors (Lipinski definition) is 3. The molecule has 2 aromatic rings. The third-order valence-electron chi connectivity index (χ3n) is 6.54. The van der Waals surface area contributed by atoms with E-state index >= 15 is 0 Å². The molecule has 1 aliphatic carbocycles. The first-order valence-electron chi connectivity index (χ1n) is 10.2. The molecule has 1 heterocycles. The molecule has 0 bridgehead atoms. The number of fused-ring (bicyclic) bond motifs is 1. The van der Waals surface area contributed by atoms with Crippen molar-refractivity contribution in [1.29, 1.82) is 0 Å². The molecule has 0 atom stereocenters. The van der Waals surface area contributed by atoms with Gasteiger partial charge in [-0.05, 0) is 35.6 Å². The molecule has 8 nitrogen and oxygen atoms in total. The van der Waals surface area contributed by atoms with Crippen molar-refractivity contribution in [2.24, 2.45) is 0 Å². The Balaban J connectivity index is 1.59. The highest BCUT2D eigenvalue weighted by atomic mass is 16.6. The molecule has 2 aromatic carbocycles. The second-order valence-corrected chi connectivity index (χ2v) is 8.33. The zero-order chi connectivity index (χ0) is 22.2. The number of carbonyl (C=O) groups is 2. The molecule has 1 fully saturated rings. The molecule has 164 valence electrons. The predicted molar refractivity (Wildman–Crippen MR) is 113 cm³/mol. The number of carboxylic acid groups (broad SMARTS) is 1. The number of nitrogens with zero attached hydrogens (tertiary/aromatic N) is 2. The van der Waals surface area contributed by atoms with Gasteiger partial charge in [0.05, 0.1) is 29.9 Å². The zero-order valence-electron chi connectivity index (χ0n) is 17.3. The third-order valence-corrected chi connectivity index (χ3v) is 6.54. The van der Waals surface area contributed by atoms with E-state index in [2.05, 4.69) is 0 Å². The Labute approximate surface area is 180 Å². The lowest BCUT2D eigenvalue weighted by atomic mass is 9.83. The smallest absolute Gasteiger partial charge is 0.411 e. The van der Waals surface area contributed by atoms with Gasteiger partial charge in [0.2, 0.25) is 0 Å². The number of ether oxygens (including phenoxy) is 1. The minimum atomic E-state index is -1.15. The number of amides is 2. The summed E-state index contributed by atoms with van der Waals surface area (Å²) in [5.74, 6) is 0. The molecule has 1 aliphatic heterocycles. The first kappa shape index (κ1) is 21.1.